The van der Waals surface area contributed by atoms with Crippen LogP contribution < -0.4 is 10.6 Å². The second-order valence-corrected chi connectivity index (χ2v) is 7.27. The first-order chi connectivity index (χ1) is 11.5. The highest BCUT2D eigenvalue weighted by atomic mass is 16.6. The molecule has 0 spiro atoms. The summed E-state index contributed by atoms with van der Waals surface area (Å²) >= 11 is 0. The summed E-state index contributed by atoms with van der Waals surface area (Å²) in [5.41, 5.74) is 1.46. The van der Waals surface area contributed by atoms with Crippen LogP contribution in [-0.2, 0) is 4.74 Å². The van der Waals surface area contributed by atoms with Gasteiger partial charge in [-0.05, 0) is 46.2 Å². The number of amides is 3. The molecule has 2 rings (SSSR count). The normalized spacial score (nSPS) is 14.5. The van der Waals surface area contributed by atoms with Crippen LogP contribution in [0.15, 0.2) is 18.2 Å². The monoisotopic (exact) mass is 347 g/mol. The number of anilines is 1. The Kier molecular flexibility index (Phi) is 5.35. The molecule has 1 heterocycles. The summed E-state index contributed by atoms with van der Waals surface area (Å²) in [6.07, 6.45) is -0.379. The molecule has 2 N–H and O–H groups in total. The van der Waals surface area contributed by atoms with Gasteiger partial charge in [-0.2, -0.15) is 0 Å². The number of nitrogens with one attached hydrogen (secondary N) is 2. The van der Waals surface area contributed by atoms with E-state index in [1.165, 1.54) is 11.8 Å². The van der Waals surface area contributed by atoms with Gasteiger partial charge in [0.1, 0.15) is 5.60 Å². The highest BCUT2D eigenvalue weighted by Gasteiger charge is 2.34. The second kappa shape index (κ2) is 7.13. The molecule has 0 bridgehead atoms. The van der Waals surface area contributed by atoms with E-state index in [2.05, 4.69) is 10.6 Å². The van der Waals surface area contributed by atoms with Gasteiger partial charge in [0.15, 0.2) is 5.78 Å². The van der Waals surface area contributed by atoms with E-state index in [1.54, 1.807) is 18.2 Å². The third kappa shape index (κ3) is 5.20. The number of likely N-dealkylation sites (tertiary alicyclic amines) is 1. The van der Waals surface area contributed by atoms with Gasteiger partial charge >= 0.3 is 12.1 Å². The third-order valence-electron chi connectivity index (χ3n) is 3.76. The van der Waals surface area contributed by atoms with Crippen molar-refractivity contribution >= 4 is 23.6 Å². The maximum Gasteiger partial charge on any atom is 0.410 e. The highest BCUT2D eigenvalue weighted by molar-refractivity contribution is 5.97. The lowest BCUT2D eigenvalue weighted by Crippen LogP contribution is -2.62. The van der Waals surface area contributed by atoms with Gasteiger partial charge in [0.05, 0.1) is 6.04 Å². The lowest BCUT2D eigenvalue weighted by Gasteiger charge is -2.39. The van der Waals surface area contributed by atoms with Gasteiger partial charge < -0.3 is 20.3 Å². The van der Waals surface area contributed by atoms with Crippen LogP contribution in [0.25, 0.3) is 0 Å². The molecule has 25 heavy (non-hydrogen) atoms. The van der Waals surface area contributed by atoms with Gasteiger partial charge in [-0.15, -0.1) is 0 Å². The molecule has 0 aromatic heterocycles. The van der Waals surface area contributed by atoms with Gasteiger partial charge in [-0.3, -0.25) is 4.79 Å². The summed E-state index contributed by atoms with van der Waals surface area (Å²) in [7, 11) is 0. The number of Topliss-reactive ketones (excluding diaryl/α,β-unsaturated/α-hetero) is 1. The number of aryl methyl sites for hydroxylation is 1. The fourth-order valence-electron chi connectivity index (χ4n) is 2.36. The highest BCUT2D eigenvalue weighted by Crippen LogP contribution is 2.18. The molecule has 0 aliphatic carbocycles. The van der Waals surface area contributed by atoms with E-state index in [4.69, 9.17) is 4.74 Å². The Balaban J connectivity index is 1.84. The maximum atomic E-state index is 12.1. The molecular weight excluding hydrogens is 322 g/mol. The van der Waals surface area contributed by atoms with Crippen LogP contribution in [0.3, 0.4) is 0 Å². The molecule has 7 nitrogen and oxygen atoms in total. The van der Waals surface area contributed by atoms with Crippen LogP contribution in [0.5, 0.6) is 0 Å². The van der Waals surface area contributed by atoms with Crippen LogP contribution in [0.4, 0.5) is 15.3 Å². The molecule has 1 aliphatic heterocycles. The van der Waals surface area contributed by atoms with Crippen molar-refractivity contribution in [3.63, 3.8) is 0 Å². The SMILES string of the molecule is CC(=O)c1ccc(C)c(NC(=O)NC2CN(C(=O)OC(C)(C)C)C2)c1. The van der Waals surface area contributed by atoms with Crippen molar-refractivity contribution < 1.29 is 19.1 Å². The van der Waals surface area contributed by atoms with Gasteiger partial charge in [-0.1, -0.05) is 12.1 Å². The van der Waals surface area contributed by atoms with E-state index in [0.29, 0.717) is 24.3 Å². The van der Waals surface area contributed by atoms with Gasteiger partial charge in [0, 0.05) is 24.3 Å². The number of benzene rings is 1. The molecule has 0 unspecified atom stereocenters. The topological polar surface area (TPSA) is 87.7 Å². The fourth-order valence-corrected chi connectivity index (χ4v) is 2.36. The van der Waals surface area contributed by atoms with Crippen molar-refractivity contribution in [2.75, 3.05) is 18.4 Å². The van der Waals surface area contributed by atoms with E-state index < -0.39 is 5.60 Å². The molecule has 1 aromatic rings. The van der Waals surface area contributed by atoms with Crippen LogP contribution in [0, 0.1) is 6.92 Å². The molecule has 0 saturated carbocycles. The van der Waals surface area contributed by atoms with Gasteiger partial charge in [0.25, 0.3) is 0 Å². The Labute approximate surface area is 147 Å². The van der Waals surface area contributed by atoms with Gasteiger partial charge in [0.2, 0.25) is 0 Å². The van der Waals surface area contributed by atoms with Gasteiger partial charge in [-0.25, -0.2) is 9.59 Å². The molecule has 1 fully saturated rings. The van der Waals surface area contributed by atoms with Crippen molar-refractivity contribution in [2.45, 2.75) is 46.3 Å². The molecule has 1 aliphatic rings. The largest absolute Gasteiger partial charge is 0.444 e. The van der Waals surface area contributed by atoms with Crippen LogP contribution in [-0.4, -0.2) is 47.5 Å². The van der Waals surface area contributed by atoms with Crippen molar-refractivity contribution in [3.8, 4) is 0 Å². The fraction of sp³-hybridized carbons (Fsp3) is 0.500. The molecule has 136 valence electrons. The molecule has 0 radical (unpaired) electrons. The number of carbonyl (C=O) groups excluding carboxylic acids is 3. The summed E-state index contributed by atoms with van der Waals surface area (Å²) < 4.78 is 5.27. The number of urea groups is 1. The van der Waals surface area contributed by atoms with Crippen LogP contribution >= 0.6 is 0 Å². The average molecular weight is 347 g/mol. The van der Waals surface area contributed by atoms with Crippen molar-refractivity contribution in [1.29, 1.82) is 0 Å². The van der Waals surface area contributed by atoms with Crippen molar-refractivity contribution in [1.82, 2.24) is 10.2 Å². The first kappa shape index (κ1) is 18.8. The Morgan fingerprint density at radius 2 is 1.84 bits per heavy atom. The molecule has 1 aromatic carbocycles. The predicted octanol–water partition coefficient (Wildman–Crippen LogP) is 2.94. The first-order valence-corrected chi connectivity index (χ1v) is 8.22. The maximum absolute atomic E-state index is 12.1. The molecule has 7 heteroatoms. The van der Waals surface area contributed by atoms with Crippen LogP contribution in [0.2, 0.25) is 0 Å². The quantitative estimate of drug-likeness (QED) is 0.823. The molecule has 0 atom stereocenters. The minimum Gasteiger partial charge on any atom is -0.444 e. The number of hydrogen-bond donors (Lipinski definition) is 2. The molecule has 1 saturated heterocycles. The Morgan fingerprint density at radius 1 is 1.20 bits per heavy atom. The van der Waals surface area contributed by atoms with Crippen molar-refractivity contribution in [2.24, 2.45) is 0 Å². The average Bonchev–Trinajstić information content (AvgIpc) is 2.42. The zero-order valence-corrected chi connectivity index (χ0v) is 15.3. The second-order valence-electron chi connectivity index (χ2n) is 7.27. The Morgan fingerprint density at radius 3 is 2.40 bits per heavy atom. The lowest BCUT2D eigenvalue weighted by atomic mass is 10.1. The van der Waals surface area contributed by atoms with E-state index in [0.717, 1.165) is 5.56 Å². The van der Waals surface area contributed by atoms with Crippen LogP contribution in [0.1, 0.15) is 43.6 Å². The summed E-state index contributed by atoms with van der Waals surface area (Å²) in [6, 6.07) is 4.69. The minimum atomic E-state index is -0.535. The lowest BCUT2D eigenvalue weighted by molar-refractivity contribution is 0.00649. The molecule has 3 amide bonds. The smallest absolute Gasteiger partial charge is 0.410 e. The zero-order valence-electron chi connectivity index (χ0n) is 15.3. The Hall–Kier alpha value is -2.57. The number of rotatable bonds is 3. The number of ketones is 1. The number of carbonyl (C=O) groups is 3. The Bertz CT molecular complexity index is 688. The summed E-state index contributed by atoms with van der Waals surface area (Å²) in [4.78, 5) is 37.0. The number of nitrogens with zero attached hydrogens (tertiary/aromatic N) is 1. The van der Waals surface area contributed by atoms with Crippen molar-refractivity contribution in [3.05, 3.63) is 29.3 Å². The predicted molar refractivity (Wildman–Crippen MR) is 94.9 cm³/mol. The summed E-state index contributed by atoms with van der Waals surface area (Å²) in [5.74, 6) is -0.0598. The minimum absolute atomic E-state index is 0.0598. The van der Waals surface area contributed by atoms with E-state index in [-0.39, 0.29) is 23.9 Å². The van der Waals surface area contributed by atoms with E-state index in [9.17, 15) is 14.4 Å². The first-order valence-electron chi connectivity index (χ1n) is 8.22. The number of ether oxygens (including phenoxy) is 1. The zero-order chi connectivity index (χ0) is 18.8. The number of hydrogen-bond acceptors (Lipinski definition) is 4. The molecular formula is C18H25N3O4. The van der Waals surface area contributed by atoms with E-state index in [1.807, 2.05) is 27.7 Å². The summed E-state index contributed by atoms with van der Waals surface area (Å²) in [6.45, 7) is 9.59. The van der Waals surface area contributed by atoms with E-state index >= 15 is 0 Å². The summed E-state index contributed by atoms with van der Waals surface area (Å²) in [5, 5.41) is 5.55. The third-order valence-corrected chi connectivity index (χ3v) is 3.76. The standard InChI is InChI=1S/C18H25N3O4/c1-11-6-7-13(12(2)22)8-15(11)20-16(23)19-14-9-21(10-14)17(24)25-18(3,4)5/h6-8,14H,9-10H2,1-5H3,(H2,19,20,23).